The van der Waals surface area contributed by atoms with E-state index in [0.717, 1.165) is 19.2 Å². The monoisotopic (exact) mass is 115 g/mol. The first-order valence-corrected chi connectivity index (χ1v) is 2.58. The fourth-order valence-corrected chi connectivity index (χ4v) is 0.437. The highest BCUT2D eigenvalue weighted by Crippen LogP contribution is 2.18. The Bertz CT molecular complexity index is 91.3. The van der Waals surface area contributed by atoms with Gasteiger partial charge in [-0.15, -0.1) is 0 Å². The van der Waals surface area contributed by atoms with Gasteiger partial charge in [-0.2, -0.15) is 5.17 Å². The van der Waals surface area contributed by atoms with Gasteiger partial charge in [-0.25, -0.2) is 5.43 Å². The van der Waals surface area contributed by atoms with Crippen LogP contribution in [0.4, 0.5) is 0 Å². The molecule has 0 saturated heterocycles. The summed E-state index contributed by atoms with van der Waals surface area (Å²) in [5.41, 5.74) is 2.65. The number of nitrogens with zero attached hydrogens (tertiary/aromatic N) is 1. The lowest BCUT2D eigenvalue weighted by atomic mass is 10.8. The Morgan fingerprint density at radius 2 is 2.38 bits per heavy atom. The van der Waals surface area contributed by atoms with Crippen molar-refractivity contribution in [3.63, 3.8) is 0 Å². The summed E-state index contributed by atoms with van der Waals surface area (Å²) < 4.78 is 0. The maximum absolute atomic E-state index is 8.55. The normalized spacial score (nSPS) is 18.1. The van der Waals surface area contributed by atoms with Gasteiger partial charge in [-0.3, -0.25) is 10.6 Å². The first-order valence-electron chi connectivity index (χ1n) is 2.58. The maximum Gasteiger partial charge on any atom is 0.126 e. The van der Waals surface area contributed by atoms with Crippen LogP contribution in [0.25, 0.3) is 0 Å². The predicted octanol–water partition coefficient (Wildman–Crippen LogP) is -0.0483. The molecule has 1 aliphatic carbocycles. The van der Waals surface area contributed by atoms with Gasteiger partial charge in [-0.1, -0.05) is 0 Å². The largest absolute Gasteiger partial charge is 0.288 e. The van der Waals surface area contributed by atoms with Gasteiger partial charge >= 0.3 is 0 Å². The molecule has 0 aromatic carbocycles. The third-order valence-electron chi connectivity index (χ3n) is 1.01. The van der Waals surface area contributed by atoms with Crippen molar-refractivity contribution in [2.24, 2.45) is 0 Å². The van der Waals surface area contributed by atoms with E-state index in [1.54, 1.807) is 0 Å². The van der Waals surface area contributed by atoms with E-state index in [9.17, 15) is 0 Å². The Hall–Kier alpha value is -0.610. The Balaban J connectivity index is 2.06. The molecule has 4 heteroatoms. The molecular formula is C4H9N3O. The second-order valence-electron chi connectivity index (χ2n) is 1.88. The molecule has 0 unspecified atom stereocenters. The van der Waals surface area contributed by atoms with Crippen molar-refractivity contribution in [3.05, 3.63) is 0 Å². The van der Waals surface area contributed by atoms with Gasteiger partial charge < -0.3 is 0 Å². The summed E-state index contributed by atoms with van der Waals surface area (Å²) in [4.78, 5) is 0. The first-order chi connectivity index (χ1) is 3.83. The summed E-state index contributed by atoms with van der Waals surface area (Å²) in [6.07, 6.45) is 3.04. The van der Waals surface area contributed by atoms with Gasteiger partial charge in [0.15, 0.2) is 0 Å². The van der Waals surface area contributed by atoms with E-state index in [1.165, 1.54) is 0 Å². The van der Waals surface area contributed by atoms with Crippen molar-refractivity contribution in [2.45, 2.75) is 18.9 Å². The van der Waals surface area contributed by atoms with Gasteiger partial charge in [0.2, 0.25) is 0 Å². The highest BCUT2D eigenvalue weighted by molar-refractivity contribution is 5.47. The van der Waals surface area contributed by atoms with Crippen LogP contribution in [0.5, 0.6) is 0 Å². The Morgan fingerprint density at radius 1 is 1.75 bits per heavy atom. The first kappa shape index (κ1) is 5.53. The SMILES string of the molecule is N=CN(O)NC1CC1. The van der Waals surface area contributed by atoms with Crippen molar-refractivity contribution in [2.75, 3.05) is 0 Å². The van der Waals surface area contributed by atoms with E-state index < -0.39 is 0 Å². The fourth-order valence-electron chi connectivity index (χ4n) is 0.437. The van der Waals surface area contributed by atoms with Crippen LogP contribution < -0.4 is 5.43 Å². The Labute approximate surface area is 47.5 Å². The third kappa shape index (κ3) is 1.48. The number of hydrazine groups is 1. The molecule has 0 heterocycles. The molecule has 0 amide bonds. The summed E-state index contributed by atoms with van der Waals surface area (Å²) in [7, 11) is 0. The third-order valence-corrected chi connectivity index (χ3v) is 1.01. The Morgan fingerprint density at radius 3 is 2.75 bits per heavy atom. The lowest BCUT2D eigenvalue weighted by Gasteiger charge is -2.08. The van der Waals surface area contributed by atoms with Crippen LogP contribution in [0.3, 0.4) is 0 Å². The summed E-state index contributed by atoms with van der Waals surface area (Å²) in [6.45, 7) is 0. The molecule has 1 rings (SSSR count). The summed E-state index contributed by atoms with van der Waals surface area (Å²) in [6, 6.07) is 0.404. The molecule has 4 nitrogen and oxygen atoms in total. The zero-order chi connectivity index (χ0) is 5.98. The molecule has 8 heavy (non-hydrogen) atoms. The van der Waals surface area contributed by atoms with E-state index >= 15 is 0 Å². The summed E-state index contributed by atoms with van der Waals surface area (Å²) >= 11 is 0. The van der Waals surface area contributed by atoms with Gasteiger partial charge in [-0.05, 0) is 12.8 Å². The van der Waals surface area contributed by atoms with Gasteiger partial charge in [0, 0.05) is 6.04 Å². The minimum Gasteiger partial charge on any atom is -0.288 e. The molecule has 0 radical (unpaired) electrons. The maximum atomic E-state index is 8.55. The van der Waals surface area contributed by atoms with Crippen LogP contribution in [0.1, 0.15) is 12.8 Å². The zero-order valence-corrected chi connectivity index (χ0v) is 4.46. The molecule has 0 atom stereocenters. The van der Waals surface area contributed by atoms with Crippen molar-refractivity contribution < 1.29 is 5.21 Å². The average molecular weight is 115 g/mol. The van der Waals surface area contributed by atoms with Crippen LogP contribution in [-0.4, -0.2) is 22.8 Å². The van der Waals surface area contributed by atoms with Gasteiger partial charge in [0.25, 0.3) is 0 Å². The average Bonchev–Trinajstić information content (AvgIpc) is 2.50. The highest BCUT2D eigenvalue weighted by Gasteiger charge is 2.21. The highest BCUT2D eigenvalue weighted by atomic mass is 16.5. The van der Waals surface area contributed by atoms with Crippen LogP contribution in [0.2, 0.25) is 0 Å². The quantitative estimate of drug-likeness (QED) is 0.274. The second kappa shape index (κ2) is 2.11. The van der Waals surface area contributed by atoms with E-state index in [1.807, 2.05) is 0 Å². The predicted molar refractivity (Wildman–Crippen MR) is 28.6 cm³/mol. The van der Waals surface area contributed by atoms with Crippen molar-refractivity contribution in [1.29, 1.82) is 5.41 Å². The number of hydroxylamine groups is 1. The van der Waals surface area contributed by atoms with E-state index in [4.69, 9.17) is 10.6 Å². The molecule has 0 bridgehead atoms. The van der Waals surface area contributed by atoms with Crippen molar-refractivity contribution in [3.8, 4) is 0 Å². The molecule has 3 N–H and O–H groups in total. The van der Waals surface area contributed by atoms with Gasteiger partial charge in [0.05, 0.1) is 0 Å². The standard InChI is InChI=1S/C4H9N3O/c5-3-7(8)6-4-1-2-4/h3-6,8H,1-2H2. The smallest absolute Gasteiger partial charge is 0.126 e. The van der Waals surface area contributed by atoms with Crippen LogP contribution in [0, 0.1) is 5.41 Å². The second-order valence-corrected chi connectivity index (χ2v) is 1.88. The molecule has 0 aromatic rings. The van der Waals surface area contributed by atoms with Crippen molar-refractivity contribution >= 4 is 6.34 Å². The fraction of sp³-hybridized carbons (Fsp3) is 0.750. The van der Waals surface area contributed by atoms with E-state index in [0.29, 0.717) is 11.2 Å². The minimum atomic E-state index is 0.404. The molecule has 1 fully saturated rings. The molecular weight excluding hydrogens is 106 g/mol. The lowest BCUT2D eigenvalue weighted by Crippen LogP contribution is -2.34. The number of hydrogen-bond donors (Lipinski definition) is 3. The molecule has 0 spiro atoms. The summed E-state index contributed by atoms with van der Waals surface area (Å²) in [5.74, 6) is 0. The molecule has 0 aromatic heterocycles. The topological polar surface area (TPSA) is 59.4 Å². The van der Waals surface area contributed by atoms with Crippen LogP contribution in [-0.2, 0) is 0 Å². The Kier molecular flexibility index (Phi) is 1.45. The van der Waals surface area contributed by atoms with Crippen LogP contribution in [0.15, 0.2) is 0 Å². The van der Waals surface area contributed by atoms with Crippen LogP contribution >= 0.6 is 0 Å². The molecule has 1 saturated carbocycles. The van der Waals surface area contributed by atoms with E-state index in [-0.39, 0.29) is 0 Å². The lowest BCUT2D eigenvalue weighted by molar-refractivity contribution is -0.0598. The number of nitrogens with one attached hydrogen (secondary N) is 2. The number of hydrogen-bond acceptors (Lipinski definition) is 3. The molecule has 0 aliphatic heterocycles. The molecule has 1 aliphatic rings. The van der Waals surface area contributed by atoms with E-state index in [2.05, 4.69) is 5.43 Å². The minimum absolute atomic E-state index is 0.404. The number of rotatable bonds is 3. The van der Waals surface area contributed by atoms with Gasteiger partial charge in [0.1, 0.15) is 6.34 Å². The zero-order valence-electron chi connectivity index (χ0n) is 4.46. The summed E-state index contributed by atoms with van der Waals surface area (Å²) in [5, 5.41) is 15.7. The van der Waals surface area contributed by atoms with Crippen molar-refractivity contribution in [1.82, 2.24) is 10.6 Å². The molecule has 46 valence electrons.